The molecule has 0 saturated heterocycles. The summed E-state index contributed by atoms with van der Waals surface area (Å²) in [6.07, 6.45) is 0.919. The third kappa shape index (κ3) is 5.38. The van der Waals surface area contributed by atoms with Gasteiger partial charge in [-0.2, -0.15) is 0 Å². The van der Waals surface area contributed by atoms with Gasteiger partial charge in [0.15, 0.2) is 0 Å². The van der Waals surface area contributed by atoms with Crippen LogP contribution in [0.15, 0.2) is 48.5 Å². The van der Waals surface area contributed by atoms with Crippen molar-refractivity contribution in [2.75, 3.05) is 10.6 Å². The van der Waals surface area contributed by atoms with Gasteiger partial charge in [-0.25, -0.2) is 13.6 Å². The summed E-state index contributed by atoms with van der Waals surface area (Å²) in [5.74, 6) is -0.0209. The minimum atomic E-state index is -3.59. The summed E-state index contributed by atoms with van der Waals surface area (Å²) in [5, 5.41) is 10.6. The quantitative estimate of drug-likeness (QED) is 0.705. The first-order valence-corrected chi connectivity index (χ1v) is 10.2. The molecule has 1 aliphatic rings. The molecule has 27 heavy (non-hydrogen) atoms. The summed E-state index contributed by atoms with van der Waals surface area (Å²) in [7, 11) is -3.59. The van der Waals surface area contributed by atoms with E-state index in [1.165, 1.54) is 0 Å². The van der Waals surface area contributed by atoms with E-state index in [1.54, 1.807) is 48.5 Å². The van der Waals surface area contributed by atoms with Crippen LogP contribution in [0.3, 0.4) is 0 Å². The number of rotatable bonds is 6. The fraction of sp³-hybridized carbons (Fsp3) is 0.263. The highest BCUT2D eigenvalue weighted by atomic mass is 32.2. The monoisotopic (exact) mass is 387 g/mol. The van der Waals surface area contributed by atoms with Crippen LogP contribution in [0.5, 0.6) is 0 Å². The minimum Gasteiger partial charge on any atom is -0.326 e. The van der Waals surface area contributed by atoms with Crippen molar-refractivity contribution in [3.05, 3.63) is 59.7 Å². The molecule has 0 aromatic heterocycles. The maximum atomic E-state index is 12.3. The van der Waals surface area contributed by atoms with Crippen LogP contribution in [-0.2, 0) is 20.6 Å². The van der Waals surface area contributed by atoms with Gasteiger partial charge in [-0.1, -0.05) is 19.1 Å². The standard InChI is InChI=1S/C19H21N3O4S/c1-12-10-17(12)19(24)22-16-8-4-14(5-9-16)18(23)21-15-6-2-13(3-7-15)11-27(20,25)26/h2-9,12,17H,10-11H2,1H3,(H,21,23)(H,22,24)(H2,20,25,26). The summed E-state index contributed by atoms with van der Waals surface area (Å²) in [5.41, 5.74) is 2.18. The van der Waals surface area contributed by atoms with E-state index in [4.69, 9.17) is 5.14 Å². The van der Waals surface area contributed by atoms with Gasteiger partial charge < -0.3 is 10.6 Å². The number of hydrogen-bond acceptors (Lipinski definition) is 4. The lowest BCUT2D eigenvalue weighted by Crippen LogP contribution is -2.15. The second-order valence-corrected chi connectivity index (χ2v) is 8.46. The molecule has 0 radical (unpaired) electrons. The van der Waals surface area contributed by atoms with E-state index in [1.807, 2.05) is 6.92 Å². The molecule has 0 spiro atoms. The molecule has 0 aliphatic heterocycles. The lowest BCUT2D eigenvalue weighted by atomic mass is 10.1. The van der Waals surface area contributed by atoms with Crippen LogP contribution < -0.4 is 15.8 Å². The average Bonchev–Trinajstić information content (AvgIpc) is 3.33. The first-order valence-electron chi connectivity index (χ1n) is 8.53. The number of anilines is 2. The maximum Gasteiger partial charge on any atom is 0.255 e. The zero-order valence-corrected chi connectivity index (χ0v) is 15.6. The summed E-state index contributed by atoms with van der Waals surface area (Å²) in [4.78, 5) is 24.2. The number of amides is 2. The van der Waals surface area contributed by atoms with Gasteiger partial charge in [0.25, 0.3) is 5.91 Å². The van der Waals surface area contributed by atoms with Crippen molar-refractivity contribution in [2.24, 2.45) is 17.0 Å². The second kappa shape index (κ2) is 7.50. The van der Waals surface area contributed by atoms with E-state index < -0.39 is 10.0 Å². The highest BCUT2D eigenvalue weighted by Gasteiger charge is 2.39. The van der Waals surface area contributed by atoms with E-state index in [9.17, 15) is 18.0 Å². The summed E-state index contributed by atoms with van der Waals surface area (Å²) in [6.45, 7) is 2.04. The molecule has 8 heteroatoms. The fourth-order valence-corrected chi connectivity index (χ4v) is 3.40. The van der Waals surface area contributed by atoms with Gasteiger partial charge in [-0.15, -0.1) is 0 Å². The highest BCUT2D eigenvalue weighted by Crippen LogP contribution is 2.38. The predicted octanol–water partition coefficient (Wildman–Crippen LogP) is 2.32. The molecular weight excluding hydrogens is 366 g/mol. The second-order valence-electron chi connectivity index (χ2n) is 6.84. The van der Waals surface area contributed by atoms with E-state index in [2.05, 4.69) is 10.6 Å². The van der Waals surface area contributed by atoms with Crippen LogP contribution in [0.1, 0.15) is 29.3 Å². The molecule has 2 atom stereocenters. The van der Waals surface area contributed by atoms with Crippen molar-refractivity contribution in [3.63, 3.8) is 0 Å². The van der Waals surface area contributed by atoms with Crippen LogP contribution in [0.25, 0.3) is 0 Å². The molecule has 0 heterocycles. The lowest BCUT2D eigenvalue weighted by molar-refractivity contribution is -0.117. The molecule has 7 nitrogen and oxygen atoms in total. The van der Waals surface area contributed by atoms with Crippen molar-refractivity contribution < 1.29 is 18.0 Å². The van der Waals surface area contributed by atoms with Crippen molar-refractivity contribution in [2.45, 2.75) is 19.1 Å². The predicted molar refractivity (Wildman–Crippen MR) is 104 cm³/mol. The normalized spacial score (nSPS) is 18.6. The molecule has 1 saturated carbocycles. The van der Waals surface area contributed by atoms with E-state index in [0.717, 1.165) is 6.42 Å². The summed E-state index contributed by atoms with van der Waals surface area (Å²) in [6, 6.07) is 13.1. The zero-order valence-electron chi connectivity index (χ0n) is 14.8. The third-order valence-corrected chi connectivity index (χ3v) is 5.18. The first kappa shape index (κ1) is 19.1. The van der Waals surface area contributed by atoms with E-state index in [-0.39, 0.29) is 23.5 Å². The number of nitrogens with one attached hydrogen (secondary N) is 2. The van der Waals surface area contributed by atoms with Crippen molar-refractivity contribution in [3.8, 4) is 0 Å². The highest BCUT2D eigenvalue weighted by molar-refractivity contribution is 7.88. The number of carbonyl (C=O) groups is 2. The SMILES string of the molecule is CC1CC1C(=O)Nc1ccc(C(=O)Nc2ccc(CS(N)(=O)=O)cc2)cc1. The fourth-order valence-electron chi connectivity index (χ4n) is 2.75. The third-order valence-electron chi connectivity index (χ3n) is 4.44. The lowest BCUT2D eigenvalue weighted by Gasteiger charge is -2.08. The Morgan fingerprint density at radius 1 is 1.00 bits per heavy atom. The molecule has 2 unspecified atom stereocenters. The number of benzene rings is 2. The van der Waals surface area contributed by atoms with Crippen LogP contribution in [0, 0.1) is 11.8 Å². The van der Waals surface area contributed by atoms with E-state index >= 15 is 0 Å². The van der Waals surface area contributed by atoms with Crippen molar-refractivity contribution in [1.82, 2.24) is 0 Å². The first-order chi connectivity index (χ1) is 12.7. The number of nitrogens with two attached hydrogens (primary N) is 1. The number of hydrogen-bond donors (Lipinski definition) is 3. The molecule has 0 bridgehead atoms. The van der Waals surface area contributed by atoms with Crippen LogP contribution in [-0.4, -0.2) is 20.2 Å². The van der Waals surface area contributed by atoms with Gasteiger partial charge in [-0.05, 0) is 54.3 Å². The Hall–Kier alpha value is -2.71. The Morgan fingerprint density at radius 3 is 2.04 bits per heavy atom. The topological polar surface area (TPSA) is 118 Å². The maximum absolute atomic E-state index is 12.3. The molecule has 2 amide bonds. The Morgan fingerprint density at radius 2 is 1.52 bits per heavy atom. The molecule has 4 N–H and O–H groups in total. The molecule has 1 aliphatic carbocycles. The van der Waals surface area contributed by atoms with Gasteiger partial charge in [-0.3, -0.25) is 9.59 Å². The van der Waals surface area contributed by atoms with Gasteiger partial charge in [0.05, 0.1) is 5.75 Å². The smallest absolute Gasteiger partial charge is 0.255 e. The average molecular weight is 387 g/mol. The van der Waals surface area contributed by atoms with Gasteiger partial charge in [0.2, 0.25) is 15.9 Å². The number of sulfonamides is 1. The molecule has 142 valence electrons. The number of primary sulfonamides is 1. The molecule has 1 fully saturated rings. The molecule has 2 aromatic rings. The summed E-state index contributed by atoms with van der Waals surface area (Å²) < 4.78 is 22.2. The zero-order chi connectivity index (χ0) is 19.6. The Bertz CT molecular complexity index is 953. The minimum absolute atomic E-state index is 0.0132. The number of carbonyl (C=O) groups excluding carboxylic acids is 2. The molecule has 2 aromatic carbocycles. The van der Waals surface area contributed by atoms with Crippen LogP contribution in [0.2, 0.25) is 0 Å². The Kier molecular flexibility index (Phi) is 5.29. The van der Waals surface area contributed by atoms with Gasteiger partial charge in [0.1, 0.15) is 0 Å². The molecule has 3 rings (SSSR count). The van der Waals surface area contributed by atoms with Crippen molar-refractivity contribution in [1.29, 1.82) is 0 Å². The Labute approximate surface area is 158 Å². The van der Waals surface area contributed by atoms with Crippen LogP contribution in [0.4, 0.5) is 11.4 Å². The van der Waals surface area contributed by atoms with Crippen LogP contribution >= 0.6 is 0 Å². The Balaban J connectivity index is 1.58. The van der Waals surface area contributed by atoms with Crippen molar-refractivity contribution >= 4 is 33.2 Å². The van der Waals surface area contributed by atoms with Gasteiger partial charge >= 0.3 is 0 Å². The van der Waals surface area contributed by atoms with E-state index in [0.29, 0.717) is 28.4 Å². The summed E-state index contributed by atoms with van der Waals surface area (Å²) >= 11 is 0. The molecular formula is C19H21N3O4S. The van der Waals surface area contributed by atoms with Gasteiger partial charge in [0, 0.05) is 22.9 Å². The largest absolute Gasteiger partial charge is 0.326 e.